The molecule has 0 unspecified atom stereocenters. The Kier molecular flexibility index (Phi) is 8.55. The van der Waals surface area contributed by atoms with Gasteiger partial charge in [-0.25, -0.2) is 0 Å². The number of hydrogen-bond acceptors (Lipinski definition) is 2. The zero-order chi connectivity index (χ0) is 42.1. The van der Waals surface area contributed by atoms with E-state index in [0.29, 0.717) is 0 Å². The zero-order valence-corrected chi connectivity index (χ0v) is 35.2. The van der Waals surface area contributed by atoms with Gasteiger partial charge in [0.05, 0.1) is 0 Å². The highest BCUT2D eigenvalue weighted by atomic mass is 16.3. The van der Waals surface area contributed by atoms with Crippen molar-refractivity contribution < 1.29 is 4.42 Å². The standard InChI is InChI=1S/C61H43NO/c1-61(2)56-28-15-14-26-50(56)51-34-33-48(38-57(51)61)62(46-31-29-41(30-32-46)40-17-6-3-7-18-40)47-24-16-23-44(35-47)45-36-54(43-21-10-5-11-22-43)59-55-39-53(42-19-8-4-9-20-42)49-25-12-13-27-52(49)60(55)63-58(59)37-45/h3-39H,1-2H3. The summed E-state index contributed by atoms with van der Waals surface area (Å²) in [6, 6.07) is 81.5. The van der Waals surface area contributed by atoms with Crippen molar-refractivity contribution in [3.05, 3.63) is 236 Å². The first kappa shape index (κ1) is 36.9. The summed E-state index contributed by atoms with van der Waals surface area (Å²) in [6.07, 6.45) is 0. The summed E-state index contributed by atoms with van der Waals surface area (Å²) >= 11 is 0. The third-order valence-electron chi connectivity index (χ3n) is 13.2. The van der Waals surface area contributed by atoms with Gasteiger partial charge in [0.2, 0.25) is 0 Å². The SMILES string of the molecule is CC1(C)c2ccccc2-c2ccc(N(c3ccc(-c4ccccc4)cc3)c3cccc(-c4cc(-c5ccccc5)c5c(c4)oc4c6ccccc6c(-c6ccccc6)cc45)c3)cc21. The second-order valence-corrected chi connectivity index (χ2v) is 17.3. The lowest BCUT2D eigenvalue weighted by Gasteiger charge is -2.28. The Bertz CT molecular complexity index is 3510. The highest BCUT2D eigenvalue weighted by Crippen LogP contribution is 2.51. The topological polar surface area (TPSA) is 16.4 Å². The van der Waals surface area contributed by atoms with E-state index in [4.69, 9.17) is 4.42 Å². The molecule has 1 aromatic heterocycles. The van der Waals surface area contributed by atoms with Crippen molar-refractivity contribution in [2.75, 3.05) is 4.90 Å². The lowest BCUT2D eigenvalue weighted by Crippen LogP contribution is -2.16. The van der Waals surface area contributed by atoms with Crippen LogP contribution in [-0.2, 0) is 5.41 Å². The van der Waals surface area contributed by atoms with Crippen molar-refractivity contribution in [1.29, 1.82) is 0 Å². The summed E-state index contributed by atoms with van der Waals surface area (Å²) in [7, 11) is 0. The second kappa shape index (κ2) is 14.6. The van der Waals surface area contributed by atoms with Crippen LogP contribution in [-0.4, -0.2) is 0 Å². The van der Waals surface area contributed by atoms with Gasteiger partial charge in [-0.3, -0.25) is 0 Å². The van der Waals surface area contributed by atoms with E-state index in [1.54, 1.807) is 0 Å². The molecule has 0 saturated heterocycles. The van der Waals surface area contributed by atoms with Gasteiger partial charge in [0.25, 0.3) is 0 Å². The number of rotatable bonds is 7. The van der Waals surface area contributed by atoms with Crippen LogP contribution in [0.1, 0.15) is 25.0 Å². The Balaban J connectivity index is 1.05. The molecular weight excluding hydrogens is 763 g/mol. The molecule has 0 amide bonds. The Hall–Kier alpha value is -7.94. The predicted octanol–water partition coefficient (Wildman–Crippen LogP) is 17.2. The van der Waals surface area contributed by atoms with Crippen molar-refractivity contribution in [1.82, 2.24) is 0 Å². The molecule has 2 heteroatoms. The molecule has 0 N–H and O–H groups in total. The molecule has 1 heterocycles. The van der Waals surface area contributed by atoms with E-state index in [0.717, 1.165) is 66.6 Å². The normalized spacial score (nSPS) is 12.7. The van der Waals surface area contributed by atoms with Crippen molar-refractivity contribution in [3.63, 3.8) is 0 Å². The van der Waals surface area contributed by atoms with Crippen LogP contribution in [0.25, 0.3) is 88.3 Å². The van der Waals surface area contributed by atoms with Crippen molar-refractivity contribution in [3.8, 4) is 55.6 Å². The van der Waals surface area contributed by atoms with E-state index >= 15 is 0 Å². The molecule has 63 heavy (non-hydrogen) atoms. The molecule has 0 radical (unpaired) electrons. The van der Waals surface area contributed by atoms with Crippen LogP contribution >= 0.6 is 0 Å². The number of furan rings is 1. The summed E-state index contributed by atoms with van der Waals surface area (Å²) in [5, 5.41) is 4.54. The van der Waals surface area contributed by atoms with E-state index in [2.05, 4.69) is 243 Å². The van der Waals surface area contributed by atoms with E-state index in [-0.39, 0.29) is 5.41 Å². The maximum atomic E-state index is 7.02. The maximum absolute atomic E-state index is 7.02. The molecule has 12 rings (SSSR count). The van der Waals surface area contributed by atoms with Crippen LogP contribution in [0, 0.1) is 0 Å². The highest BCUT2D eigenvalue weighted by molar-refractivity contribution is 6.22. The van der Waals surface area contributed by atoms with Crippen LogP contribution in [0.4, 0.5) is 17.1 Å². The second-order valence-electron chi connectivity index (χ2n) is 17.3. The maximum Gasteiger partial charge on any atom is 0.143 e. The molecule has 2 nitrogen and oxygen atoms in total. The molecule has 298 valence electrons. The molecule has 0 saturated carbocycles. The molecular formula is C61H43NO. The molecule has 10 aromatic carbocycles. The van der Waals surface area contributed by atoms with Crippen LogP contribution in [0.2, 0.25) is 0 Å². The van der Waals surface area contributed by atoms with Crippen LogP contribution in [0.15, 0.2) is 229 Å². The van der Waals surface area contributed by atoms with Gasteiger partial charge in [-0.05, 0) is 127 Å². The van der Waals surface area contributed by atoms with E-state index in [1.165, 1.54) is 49.9 Å². The Morgan fingerprint density at radius 1 is 0.333 bits per heavy atom. The van der Waals surface area contributed by atoms with Gasteiger partial charge < -0.3 is 9.32 Å². The Morgan fingerprint density at radius 3 is 1.65 bits per heavy atom. The summed E-state index contributed by atoms with van der Waals surface area (Å²) in [4.78, 5) is 2.41. The smallest absolute Gasteiger partial charge is 0.143 e. The van der Waals surface area contributed by atoms with Gasteiger partial charge in [0.15, 0.2) is 0 Å². The van der Waals surface area contributed by atoms with Crippen molar-refractivity contribution in [2.45, 2.75) is 19.3 Å². The fourth-order valence-corrected chi connectivity index (χ4v) is 10.1. The van der Waals surface area contributed by atoms with E-state index in [1.807, 2.05) is 0 Å². The molecule has 0 atom stereocenters. The van der Waals surface area contributed by atoms with Crippen molar-refractivity contribution in [2.24, 2.45) is 0 Å². The highest BCUT2D eigenvalue weighted by Gasteiger charge is 2.35. The Labute approximate surface area is 368 Å². The largest absolute Gasteiger partial charge is 0.455 e. The number of anilines is 3. The van der Waals surface area contributed by atoms with Crippen molar-refractivity contribution >= 4 is 49.8 Å². The first-order valence-corrected chi connectivity index (χ1v) is 21.8. The monoisotopic (exact) mass is 805 g/mol. The first-order valence-electron chi connectivity index (χ1n) is 21.8. The fraction of sp³-hybridized carbons (Fsp3) is 0.0492. The van der Waals surface area contributed by atoms with Crippen LogP contribution in [0.5, 0.6) is 0 Å². The van der Waals surface area contributed by atoms with Crippen LogP contribution < -0.4 is 4.90 Å². The summed E-state index contributed by atoms with van der Waals surface area (Å²) in [5.74, 6) is 0. The molecule has 11 aromatic rings. The molecule has 0 fully saturated rings. The van der Waals surface area contributed by atoms with E-state index in [9.17, 15) is 0 Å². The minimum absolute atomic E-state index is 0.129. The fourth-order valence-electron chi connectivity index (χ4n) is 10.1. The number of benzene rings is 10. The molecule has 0 spiro atoms. The number of nitrogens with zero attached hydrogens (tertiary/aromatic N) is 1. The summed E-state index contributed by atoms with van der Waals surface area (Å²) in [6.45, 7) is 4.70. The average molecular weight is 806 g/mol. The average Bonchev–Trinajstić information content (AvgIpc) is 3.84. The number of hydrogen-bond donors (Lipinski definition) is 0. The number of fused-ring (bicyclic) bond motifs is 8. The minimum atomic E-state index is -0.129. The predicted molar refractivity (Wildman–Crippen MR) is 265 cm³/mol. The lowest BCUT2D eigenvalue weighted by atomic mass is 9.82. The third-order valence-corrected chi connectivity index (χ3v) is 13.2. The Morgan fingerprint density at radius 2 is 0.905 bits per heavy atom. The quantitative estimate of drug-likeness (QED) is 0.160. The molecule has 1 aliphatic rings. The van der Waals surface area contributed by atoms with Crippen LogP contribution in [0.3, 0.4) is 0 Å². The van der Waals surface area contributed by atoms with Gasteiger partial charge in [-0.1, -0.05) is 184 Å². The van der Waals surface area contributed by atoms with Gasteiger partial charge in [-0.2, -0.15) is 0 Å². The summed E-state index contributed by atoms with van der Waals surface area (Å²) < 4.78 is 7.02. The lowest BCUT2D eigenvalue weighted by molar-refractivity contribution is 0.660. The third kappa shape index (κ3) is 6.09. The first-order chi connectivity index (χ1) is 31.0. The minimum Gasteiger partial charge on any atom is -0.455 e. The van der Waals surface area contributed by atoms with Gasteiger partial charge in [0.1, 0.15) is 11.2 Å². The molecule has 0 aliphatic heterocycles. The van der Waals surface area contributed by atoms with Gasteiger partial charge in [-0.15, -0.1) is 0 Å². The molecule has 1 aliphatic carbocycles. The zero-order valence-electron chi connectivity index (χ0n) is 35.2. The van der Waals surface area contributed by atoms with E-state index < -0.39 is 0 Å². The molecule has 0 bridgehead atoms. The van der Waals surface area contributed by atoms with Gasteiger partial charge >= 0.3 is 0 Å². The summed E-state index contributed by atoms with van der Waals surface area (Å²) in [5.41, 5.74) is 19.6. The van der Waals surface area contributed by atoms with Gasteiger partial charge in [0, 0.05) is 38.6 Å².